The van der Waals surface area contributed by atoms with Crippen molar-refractivity contribution < 1.29 is 13.2 Å². The van der Waals surface area contributed by atoms with Crippen LogP contribution in [0.5, 0.6) is 0 Å². The largest absolute Gasteiger partial charge is 0.416 e. The zero-order chi connectivity index (χ0) is 16.4. The average molecular weight is 333 g/mol. The number of benzene rings is 2. The first-order valence-electron chi connectivity index (χ1n) is 7.11. The van der Waals surface area contributed by atoms with Gasteiger partial charge < -0.3 is 0 Å². The van der Waals surface area contributed by atoms with Crippen LogP contribution in [0.2, 0.25) is 0 Å². The van der Waals surface area contributed by atoms with E-state index in [0.29, 0.717) is 5.56 Å². The summed E-state index contributed by atoms with van der Waals surface area (Å²) in [7, 11) is 0. The smallest absolute Gasteiger partial charge is 0.240 e. The normalized spacial score (nSPS) is 11.7. The van der Waals surface area contributed by atoms with Crippen LogP contribution >= 0.6 is 11.3 Å². The SMILES string of the molecule is Cc1sc(-c2ccc(C(F)(F)F)cc2)nc1Cc1ccccc1. The van der Waals surface area contributed by atoms with Gasteiger partial charge in [-0.2, -0.15) is 13.2 Å². The van der Waals surface area contributed by atoms with Crippen LogP contribution in [-0.4, -0.2) is 4.98 Å². The van der Waals surface area contributed by atoms with E-state index < -0.39 is 11.7 Å². The predicted molar refractivity (Wildman–Crippen MR) is 86.5 cm³/mol. The minimum Gasteiger partial charge on any atom is -0.240 e. The van der Waals surface area contributed by atoms with Crippen LogP contribution in [0, 0.1) is 6.92 Å². The maximum atomic E-state index is 12.6. The lowest BCUT2D eigenvalue weighted by Gasteiger charge is -2.06. The van der Waals surface area contributed by atoms with E-state index in [1.165, 1.54) is 29.0 Å². The Morgan fingerprint density at radius 3 is 2.22 bits per heavy atom. The molecule has 0 aliphatic heterocycles. The lowest BCUT2D eigenvalue weighted by atomic mass is 10.1. The van der Waals surface area contributed by atoms with Crippen molar-refractivity contribution in [3.05, 3.63) is 76.3 Å². The third kappa shape index (κ3) is 3.62. The average Bonchev–Trinajstić information content (AvgIpc) is 2.89. The topological polar surface area (TPSA) is 12.9 Å². The van der Waals surface area contributed by atoms with Crippen LogP contribution in [0.3, 0.4) is 0 Å². The van der Waals surface area contributed by atoms with Crippen molar-refractivity contribution in [3.63, 3.8) is 0 Å². The second-order valence-corrected chi connectivity index (χ2v) is 6.46. The standard InChI is InChI=1S/C18H14F3NS/c1-12-16(11-13-5-3-2-4-6-13)22-17(23-12)14-7-9-15(10-8-14)18(19,20)21/h2-10H,11H2,1H3. The summed E-state index contributed by atoms with van der Waals surface area (Å²) < 4.78 is 37.9. The number of aromatic nitrogens is 1. The zero-order valence-corrected chi connectivity index (χ0v) is 13.2. The molecule has 3 aromatic rings. The van der Waals surface area contributed by atoms with Gasteiger partial charge in [0.1, 0.15) is 5.01 Å². The molecule has 0 atom stereocenters. The molecule has 0 amide bonds. The Morgan fingerprint density at radius 1 is 0.957 bits per heavy atom. The number of nitrogens with zero attached hydrogens (tertiary/aromatic N) is 1. The molecule has 0 saturated heterocycles. The van der Waals surface area contributed by atoms with Crippen LogP contribution in [-0.2, 0) is 12.6 Å². The van der Waals surface area contributed by atoms with Gasteiger partial charge in [0.05, 0.1) is 11.3 Å². The molecule has 1 nitrogen and oxygen atoms in total. The van der Waals surface area contributed by atoms with E-state index in [9.17, 15) is 13.2 Å². The molecule has 1 aromatic heterocycles. The third-order valence-electron chi connectivity index (χ3n) is 3.57. The molecule has 3 rings (SSSR count). The van der Waals surface area contributed by atoms with Crippen LogP contribution < -0.4 is 0 Å². The Hall–Kier alpha value is -2.14. The van der Waals surface area contributed by atoms with E-state index in [-0.39, 0.29) is 0 Å². The number of thiazole rings is 1. The second-order valence-electron chi connectivity index (χ2n) is 5.26. The van der Waals surface area contributed by atoms with Crippen LogP contribution in [0.1, 0.15) is 21.7 Å². The molecule has 0 spiro atoms. The molecule has 118 valence electrons. The van der Waals surface area contributed by atoms with Crippen molar-refractivity contribution in [3.8, 4) is 10.6 Å². The van der Waals surface area contributed by atoms with Crippen molar-refractivity contribution in [1.29, 1.82) is 0 Å². The summed E-state index contributed by atoms with van der Waals surface area (Å²) in [6.07, 6.45) is -3.58. The van der Waals surface area contributed by atoms with Gasteiger partial charge in [-0.25, -0.2) is 4.98 Å². The molecule has 1 heterocycles. The molecule has 0 bridgehead atoms. The summed E-state index contributed by atoms with van der Waals surface area (Å²) in [6, 6.07) is 15.2. The van der Waals surface area contributed by atoms with E-state index in [2.05, 4.69) is 4.98 Å². The number of hydrogen-bond acceptors (Lipinski definition) is 2. The number of rotatable bonds is 3. The Bertz CT molecular complexity index is 789. The molecular weight excluding hydrogens is 319 g/mol. The first-order chi connectivity index (χ1) is 10.9. The lowest BCUT2D eigenvalue weighted by Crippen LogP contribution is -2.03. The highest BCUT2D eigenvalue weighted by atomic mass is 32.1. The quantitative estimate of drug-likeness (QED) is 0.596. The number of hydrogen-bond donors (Lipinski definition) is 0. The maximum Gasteiger partial charge on any atom is 0.416 e. The van der Waals surface area contributed by atoms with Gasteiger partial charge in [-0.15, -0.1) is 11.3 Å². The van der Waals surface area contributed by atoms with Gasteiger partial charge in [0, 0.05) is 16.9 Å². The number of halogens is 3. The molecule has 0 fully saturated rings. The monoisotopic (exact) mass is 333 g/mol. The summed E-state index contributed by atoms with van der Waals surface area (Å²) in [6.45, 7) is 1.99. The summed E-state index contributed by atoms with van der Waals surface area (Å²) in [5.41, 5.74) is 2.21. The fraction of sp³-hybridized carbons (Fsp3) is 0.167. The predicted octanol–water partition coefficient (Wildman–Crippen LogP) is 5.73. The molecule has 0 aliphatic carbocycles. The molecule has 0 saturated carbocycles. The molecule has 5 heteroatoms. The van der Waals surface area contributed by atoms with Gasteiger partial charge >= 0.3 is 6.18 Å². The number of alkyl halides is 3. The minimum atomic E-state index is -4.31. The highest BCUT2D eigenvalue weighted by Crippen LogP contribution is 2.33. The van der Waals surface area contributed by atoms with Gasteiger partial charge in [0.25, 0.3) is 0 Å². The Labute approximate surface area is 136 Å². The van der Waals surface area contributed by atoms with Gasteiger partial charge in [-0.1, -0.05) is 42.5 Å². The molecule has 0 radical (unpaired) electrons. The van der Waals surface area contributed by atoms with E-state index in [1.807, 2.05) is 37.3 Å². The van der Waals surface area contributed by atoms with Crippen molar-refractivity contribution in [1.82, 2.24) is 4.98 Å². The fourth-order valence-corrected chi connectivity index (χ4v) is 3.24. The summed E-state index contributed by atoms with van der Waals surface area (Å²) >= 11 is 1.51. The van der Waals surface area contributed by atoms with Gasteiger partial charge in [0.2, 0.25) is 0 Å². The third-order valence-corrected chi connectivity index (χ3v) is 4.63. The first-order valence-corrected chi connectivity index (χ1v) is 7.93. The van der Waals surface area contributed by atoms with E-state index in [0.717, 1.165) is 34.1 Å². The van der Waals surface area contributed by atoms with E-state index in [4.69, 9.17) is 0 Å². The van der Waals surface area contributed by atoms with Gasteiger partial charge in [-0.05, 0) is 24.6 Å². The Morgan fingerprint density at radius 2 is 1.61 bits per heavy atom. The summed E-state index contributed by atoms with van der Waals surface area (Å²) in [4.78, 5) is 5.69. The van der Waals surface area contributed by atoms with Crippen molar-refractivity contribution in [2.24, 2.45) is 0 Å². The molecule has 23 heavy (non-hydrogen) atoms. The number of aryl methyl sites for hydroxylation is 1. The van der Waals surface area contributed by atoms with Gasteiger partial charge in [-0.3, -0.25) is 0 Å². The highest BCUT2D eigenvalue weighted by Gasteiger charge is 2.30. The van der Waals surface area contributed by atoms with E-state index in [1.54, 1.807) is 0 Å². The maximum absolute atomic E-state index is 12.6. The second kappa shape index (κ2) is 6.16. The van der Waals surface area contributed by atoms with Crippen molar-refractivity contribution in [2.75, 3.05) is 0 Å². The highest BCUT2D eigenvalue weighted by molar-refractivity contribution is 7.15. The summed E-state index contributed by atoms with van der Waals surface area (Å²) in [5, 5.41) is 0.752. The minimum absolute atomic E-state index is 0.640. The van der Waals surface area contributed by atoms with Crippen LogP contribution in [0.25, 0.3) is 10.6 Å². The fourth-order valence-electron chi connectivity index (χ4n) is 2.31. The van der Waals surface area contributed by atoms with Crippen molar-refractivity contribution in [2.45, 2.75) is 19.5 Å². The zero-order valence-electron chi connectivity index (χ0n) is 12.4. The molecule has 0 aliphatic rings. The first kappa shape index (κ1) is 15.7. The van der Waals surface area contributed by atoms with Gasteiger partial charge in [0.15, 0.2) is 0 Å². The van der Waals surface area contributed by atoms with Crippen molar-refractivity contribution >= 4 is 11.3 Å². The lowest BCUT2D eigenvalue weighted by molar-refractivity contribution is -0.137. The van der Waals surface area contributed by atoms with Crippen LogP contribution in [0.4, 0.5) is 13.2 Å². The van der Waals surface area contributed by atoms with Crippen LogP contribution in [0.15, 0.2) is 54.6 Å². The summed E-state index contributed by atoms with van der Waals surface area (Å²) in [5.74, 6) is 0. The molecule has 0 unspecified atom stereocenters. The molecule has 2 aromatic carbocycles. The molecular formula is C18H14F3NS. The van der Waals surface area contributed by atoms with E-state index >= 15 is 0 Å². The Kier molecular flexibility index (Phi) is 4.22. The molecule has 0 N–H and O–H groups in total. The Balaban J connectivity index is 1.86.